The lowest BCUT2D eigenvalue weighted by molar-refractivity contribution is -0.120. The van der Waals surface area contributed by atoms with Gasteiger partial charge in [0.2, 0.25) is 15.9 Å². The molecule has 1 aliphatic heterocycles. The zero-order valence-corrected chi connectivity index (χ0v) is 16.5. The number of amides is 1. The van der Waals surface area contributed by atoms with Crippen molar-refractivity contribution in [1.82, 2.24) is 14.1 Å². The molecule has 3 rings (SSSR count). The lowest BCUT2D eigenvalue weighted by Gasteiger charge is -2.30. The maximum atomic E-state index is 13.0. The number of methoxy groups -OCH3 is 1. The third kappa shape index (κ3) is 4.07. The van der Waals surface area contributed by atoms with Crippen molar-refractivity contribution in [3.8, 4) is 0 Å². The van der Waals surface area contributed by atoms with E-state index in [0.29, 0.717) is 18.7 Å². The monoisotopic (exact) mass is 406 g/mol. The Morgan fingerprint density at radius 3 is 2.46 bits per heavy atom. The van der Waals surface area contributed by atoms with Crippen molar-refractivity contribution in [2.75, 3.05) is 25.5 Å². The second-order valence-electron chi connectivity index (χ2n) is 6.53. The number of hydrogen-bond acceptors (Lipinski definition) is 6. The Morgan fingerprint density at radius 2 is 1.86 bits per heavy atom. The molecule has 0 radical (unpaired) electrons. The molecule has 1 aromatic carbocycles. The van der Waals surface area contributed by atoms with Gasteiger partial charge >= 0.3 is 5.97 Å². The maximum Gasteiger partial charge on any atom is 0.339 e. The first-order valence-electron chi connectivity index (χ1n) is 8.81. The van der Waals surface area contributed by atoms with Crippen LogP contribution >= 0.6 is 0 Å². The largest absolute Gasteiger partial charge is 0.465 e. The van der Waals surface area contributed by atoms with Crippen LogP contribution in [0.15, 0.2) is 41.4 Å². The van der Waals surface area contributed by atoms with Gasteiger partial charge in [0.1, 0.15) is 0 Å². The number of piperidine rings is 1. The van der Waals surface area contributed by atoms with Gasteiger partial charge in [-0.3, -0.25) is 9.48 Å². The van der Waals surface area contributed by atoms with E-state index in [1.807, 2.05) is 0 Å². The highest BCUT2D eigenvalue weighted by Gasteiger charge is 2.34. The predicted octanol–water partition coefficient (Wildman–Crippen LogP) is 1.25. The second-order valence-corrected chi connectivity index (χ2v) is 8.44. The van der Waals surface area contributed by atoms with Crippen LogP contribution < -0.4 is 5.32 Å². The molecule has 0 aliphatic carbocycles. The van der Waals surface area contributed by atoms with Crippen LogP contribution in [0.4, 0.5) is 5.82 Å². The molecule has 9 nitrogen and oxygen atoms in total. The number of esters is 1. The number of ether oxygens (including phenoxy) is 1. The first-order valence-corrected chi connectivity index (χ1v) is 10.2. The van der Waals surface area contributed by atoms with Crippen LogP contribution in [0.1, 0.15) is 23.2 Å². The highest BCUT2D eigenvalue weighted by molar-refractivity contribution is 7.89. The van der Waals surface area contributed by atoms with Crippen molar-refractivity contribution in [1.29, 1.82) is 0 Å². The lowest BCUT2D eigenvalue weighted by atomic mass is 9.97. The van der Waals surface area contributed by atoms with Gasteiger partial charge < -0.3 is 10.1 Å². The van der Waals surface area contributed by atoms with Gasteiger partial charge in [-0.05, 0) is 25.0 Å². The Hall–Kier alpha value is -2.72. The summed E-state index contributed by atoms with van der Waals surface area (Å²) in [5.41, 5.74) is 0.0000171. The van der Waals surface area contributed by atoms with E-state index in [4.69, 9.17) is 0 Å². The van der Waals surface area contributed by atoms with Crippen LogP contribution in [-0.2, 0) is 26.6 Å². The highest BCUT2D eigenvalue weighted by atomic mass is 32.2. The average Bonchev–Trinajstić information content (AvgIpc) is 3.12. The van der Waals surface area contributed by atoms with Crippen molar-refractivity contribution in [2.45, 2.75) is 17.7 Å². The fourth-order valence-electron chi connectivity index (χ4n) is 3.18. The maximum absolute atomic E-state index is 13.0. The van der Waals surface area contributed by atoms with Crippen LogP contribution in [0.5, 0.6) is 0 Å². The summed E-state index contributed by atoms with van der Waals surface area (Å²) in [6.45, 7) is 0.385. The number of hydrogen-bond donors (Lipinski definition) is 1. The number of carbonyl (C=O) groups excluding carboxylic acids is 2. The summed E-state index contributed by atoms with van der Waals surface area (Å²) in [7, 11) is -0.906. The SMILES string of the molecule is COC(=O)c1ccccc1S(=O)(=O)N1CCC(C(=O)Nc2ccn(C)n2)CC1. The van der Waals surface area contributed by atoms with Gasteiger partial charge in [0, 0.05) is 38.3 Å². The average molecular weight is 406 g/mol. The molecule has 0 atom stereocenters. The van der Waals surface area contributed by atoms with Crippen LogP contribution in [0.3, 0.4) is 0 Å². The number of nitrogens with zero attached hydrogens (tertiary/aromatic N) is 3. The summed E-state index contributed by atoms with van der Waals surface area (Å²) >= 11 is 0. The number of anilines is 1. The van der Waals surface area contributed by atoms with Crippen molar-refractivity contribution < 1.29 is 22.7 Å². The number of aryl methyl sites for hydroxylation is 1. The molecule has 0 saturated carbocycles. The number of carbonyl (C=O) groups is 2. The molecule has 2 heterocycles. The minimum atomic E-state index is -3.87. The van der Waals surface area contributed by atoms with E-state index in [2.05, 4.69) is 15.2 Å². The van der Waals surface area contributed by atoms with E-state index in [0.717, 1.165) is 0 Å². The summed E-state index contributed by atoms with van der Waals surface area (Å²) in [5, 5.41) is 6.86. The Bertz CT molecular complexity index is 977. The van der Waals surface area contributed by atoms with Gasteiger partial charge in [0.05, 0.1) is 17.6 Å². The standard InChI is InChI=1S/C18H22N4O5S/c1-21-10-9-16(20-21)19-17(23)13-7-11-22(12-8-13)28(25,26)15-6-4-3-5-14(15)18(24)27-2/h3-6,9-10,13H,7-8,11-12H2,1-2H3,(H,19,20,23). The second kappa shape index (κ2) is 8.11. The van der Waals surface area contributed by atoms with Crippen molar-refractivity contribution >= 4 is 27.7 Å². The fraction of sp³-hybridized carbons (Fsp3) is 0.389. The molecule has 1 N–H and O–H groups in total. The fourth-order valence-corrected chi connectivity index (χ4v) is 4.83. The van der Waals surface area contributed by atoms with Gasteiger partial charge in [-0.1, -0.05) is 12.1 Å². The molecule has 0 spiro atoms. The molecule has 1 aromatic heterocycles. The molecule has 150 valence electrons. The summed E-state index contributed by atoms with van der Waals surface area (Å²) in [5.74, 6) is -0.714. The highest BCUT2D eigenvalue weighted by Crippen LogP contribution is 2.26. The van der Waals surface area contributed by atoms with Gasteiger partial charge in [0.15, 0.2) is 5.82 Å². The predicted molar refractivity (Wildman–Crippen MR) is 101 cm³/mol. The van der Waals surface area contributed by atoms with Crippen molar-refractivity contribution in [2.24, 2.45) is 13.0 Å². The van der Waals surface area contributed by atoms with E-state index in [9.17, 15) is 18.0 Å². The van der Waals surface area contributed by atoms with Crippen molar-refractivity contribution in [3.63, 3.8) is 0 Å². The van der Waals surface area contributed by atoms with Crippen LogP contribution in [0.25, 0.3) is 0 Å². The van der Waals surface area contributed by atoms with E-state index in [1.165, 1.54) is 23.5 Å². The molecule has 10 heteroatoms. The van der Waals surface area contributed by atoms with E-state index in [1.54, 1.807) is 36.1 Å². The number of nitrogens with one attached hydrogen (secondary N) is 1. The topological polar surface area (TPSA) is 111 Å². The van der Waals surface area contributed by atoms with E-state index in [-0.39, 0.29) is 35.4 Å². The normalized spacial score (nSPS) is 15.9. The zero-order valence-electron chi connectivity index (χ0n) is 15.7. The first-order chi connectivity index (χ1) is 13.3. The number of benzene rings is 1. The molecule has 1 fully saturated rings. The van der Waals surface area contributed by atoms with Gasteiger partial charge in [-0.15, -0.1) is 0 Å². The molecule has 28 heavy (non-hydrogen) atoms. The van der Waals surface area contributed by atoms with Crippen LogP contribution in [-0.4, -0.2) is 54.6 Å². The summed E-state index contributed by atoms with van der Waals surface area (Å²) in [6.07, 6.45) is 2.50. The third-order valence-electron chi connectivity index (χ3n) is 4.70. The van der Waals surface area contributed by atoms with Gasteiger partial charge in [0.25, 0.3) is 0 Å². The quantitative estimate of drug-likeness (QED) is 0.748. The van der Waals surface area contributed by atoms with E-state index >= 15 is 0 Å². The van der Waals surface area contributed by atoms with Gasteiger partial charge in [-0.2, -0.15) is 9.40 Å². The molecule has 1 aliphatic rings. The first kappa shape index (κ1) is 20.0. The molecular formula is C18H22N4O5S. The number of aromatic nitrogens is 2. The molecule has 1 saturated heterocycles. The Labute approximate surface area is 163 Å². The third-order valence-corrected chi connectivity index (χ3v) is 6.66. The van der Waals surface area contributed by atoms with E-state index < -0.39 is 16.0 Å². The Balaban J connectivity index is 1.69. The Kier molecular flexibility index (Phi) is 5.80. The zero-order chi connectivity index (χ0) is 20.3. The van der Waals surface area contributed by atoms with Crippen LogP contribution in [0, 0.1) is 5.92 Å². The number of sulfonamides is 1. The molecule has 2 aromatic rings. The smallest absolute Gasteiger partial charge is 0.339 e. The molecule has 1 amide bonds. The summed E-state index contributed by atoms with van der Waals surface area (Å²) in [6, 6.07) is 7.65. The number of rotatable bonds is 5. The van der Waals surface area contributed by atoms with Crippen LogP contribution in [0.2, 0.25) is 0 Å². The Morgan fingerprint density at radius 1 is 1.18 bits per heavy atom. The van der Waals surface area contributed by atoms with Crippen molar-refractivity contribution in [3.05, 3.63) is 42.1 Å². The lowest BCUT2D eigenvalue weighted by Crippen LogP contribution is -2.41. The van der Waals surface area contributed by atoms with Gasteiger partial charge in [-0.25, -0.2) is 13.2 Å². The molecule has 0 unspecified atom stereocenters. The minimum absolute atomic E-state index is 0.0000171. The molecular weight excluding hydrogens is 384 g/mol. The summed E-state index contributed by atoms with van der Waals surface area (Å²) in [4.78, 5) is 24.2. The molecule has 0 bridgehead atoms. The summed E-state index contributed by atoms with van der Waals surface area (Å²) < 4.78 is 33.6. The minimum Gasteiger partial charge on any atom is -0.465 e.